The number of aryl methyl sites for hydroxylation is 2. The second-order valence-corrected chi connectivity index (χ2v) is 5.04. The maximum Gasteiger partial charge on any atom is 0.272 e. The van der Waals surface area contributed by atoms with Crippen LogP contribution in [0.1, 0.15) is 31.1 Å². The highest BCUT2D eigenvalue weighted by molar-refractivity contribution is 5.39. The Labute approximate surface area is 124 Å². The normalized spacial score (nSPS) is 12.3. The molecule has 0 radical (unpaired) electrons. The lowest BCUT2D eigenvalue weighted by Gasteiger charge is -2.16. The molecule has 0 aliphatic rings. The quantitative estimate of drug-likeness (QED) is 0.628. The van der Waals surface area contributed by atoms with Gasteiger partial charge < -0.3 is 9.88 Å². The van der Waals surface area contributed by atoms with Crippen LogP contribution in [-0.4, -0.2) is 16.0 Å². The van der Waals surface area contributed by atoms with Gasteiger partial charge >= 0.3 is 0 Å². The van der Waals surface area contributed by atoms with Gasteiger partial charge in [-0.15, -0.1) is 0 Å². The predicted octanol–water partition coefficient (Wildman–Crippen LogP) is 3.31. The van der Waals surface area contributed by atoms with Crippen LogP contribution in [-0.2, 0) is 13.0 Å². The second kappa shape index (κ2) is 7.04. The van der Waals surface area contributed by atoms with Gasteiger partial charge in [0.2, 0.25) is 0 Å². The van der Waals surface area contributed by atoms with E-state index in [0.29, 0.717) is 6.42 Å². The Bertz CT molecular complexity index is 607. The molecule has 2 aromatic rings. The van der Waals surface area contributed by atoms with Gasteiger partial charge in [0, 0.05) is 36.1 Å². The van der Waals surface area contributed by atoms with Crippen molar-refractivity contribution in [2.24, 2.45) is 0 Å². The smallest absolute Gasteiger partial charge is 0.272 e. The van der Waals surface area contributed by atoms with Gasteiger partial charge in [-0.1, -0.05) is 25.1 Å². The molecule has 1 heterocycles. The highest BCUT2D eigenvalue weighted by Crippen LogP contribution is 2.20. The molecular formula is C16H21N3O2. The minimum atomic E-state index is -0.312. The minimum absolute atomic E-state index is 0.200. The van der Waals surface area contributed by atoms with E-state index < -0.39 is 0 Å². The summed E-state index contributed by atoms with van der Waals surface area (Å²) in [6.07, 6.45) is 2.68. The summed E-state index contributed by atoms with van der Waals surface area (Å²) in [7, 11) is 0. The molecule has 5 nitrogen and oxygen atoms in total. The van der Waals surface area contributed by atoms with Gasteiger partial charge in [0.25, 0.3) is 5.69 Å². The van der Waals surface area contributed by atoms with E-state index in [9.17, 15) is 10.1 Å². The van der Waals surface area contributed by atoms with Gasteiger partial charge in [-0.2, -0.15) is 0 Å². The summed E-state index contributed by atoms with van der Waals surface area (Å²) in [5.74, 6) is 0. The van der Waals surface area contributed by atoms with Crippen molar-refractivity contribution in [2.75, 3.05) is 6.54 Å². The van der Waals surface area contributed by atoms with Gasteiger partial charge in [-0.05, 0) is 32.0 Å². The van der Waals surface area contributed by atoms with Crippen molar-refractivity contribution in [3.8, 4) is 0 Å². The van der Waals surface area contributed by atoms with E-state index in [-0.39, 0.29) is 16.7 Å². The van der Waals surface area contributed by atoms with Crippen LogP contribution in [0.3, 0.4) is 0 Å². The van der Waals surface area contributed by atoms with Crippen molar-refractivity contribution >= 4 is 5.69 Å². The molecule has 0 aliphatic carbocycles. The highest BCUT2D eigenvalue weighted by Gasteiger charge is 2.13. The average molecular weight is 287 g/mol. The van der Waals surface area contributed by atoms with Gasteiger partial charge in [-0.3, -0.25) is 10.1 Å². The van der Waals surface area contributed by atoms with Crippen LogP contribution in [0.25, 0.3) is 0 Å². The molecule has 1 atom stereocenters. The van der Waals surface area contributed by atoms with Gasteiger partial charge in [0.05, 0.1) is 4.92 Å². The molecular weight excluding hydrogens is 266 g/mol. The standard InChI is InChI=1S/C16H21N3O2/c1-3-17-13(2)15-9-6-11-18(15)12-10-14-7-4-5-8-16(14)19(20)21/h4-9,11,13,17H,3,10,12H2,1-2H3. The molecule has 112 valence electrons. The summed E-state index contributed by atoms with van der Waals surface area (Å²) >= 11 is 0. The Morgan fingerprint density at radius 2 is 2.05 bits per heavy atom. The van der Waals surface area contributed by atoms with Crippen molar-refractivity contribution in [3.63, 3.8) is 0 Å². The second-order valence-electron chi connectivity index (χ2n) is 5.04. The van der Waals surface area contributed by atoms with Crippen LogP contribution >= 0.6 is 0 Å². The molecule has 1 N–H and O–H groups in total. The number of rotatable bonds is 7. The summed E-state index contributed by atoms with van der Waals surface area (Å²) < 4.78 is 2.16. The topological polar surface area (TPSA) is 60.1 Å². The lowest BCUT2D eigenvalue weighted by atomic mass is 10.1. The fraction of sp³-hybridized carbons (Fsp3) is 0.375. The zero-order valence-corrected chi connectivity index (χ0v) is 12.5. The van der Waals surface area contributed by atoms with Gasteiger partial charge in [0.15, 0.2) is 0 Å². The third-order valence-corrected chi connectivity index (χ3v) is 3.63. The van der Waals surface area contributed by atoms with E-state index in [2.05, 4.69) is 29.8 Å². The van der Waals surface area contributed by atoms with E-state index in [1.165, 1.54) is 5.69 Å². The van der Waals surface area contributed by atoms with Crippen molar-refractivity contribution in [2.45, 2.75) is 32.9 Å². The lowest BCUT2D eigenvalue weighted by Crippen LogP contribution is -2.21. The third-order valence-electron chi connectivity index (χ3n) is 3.63. The van der Waals surface area contributed by atoms with Crippen LogP contribution in [0.5, 0.6) is 0 Å². The summed E-state index contributed by atoms with van der Waals surface area (Å²) in [6.45, 7) is 5.86. The predicted molar refractivity (Wildman–Crippen MR) is 83.3 cm³/mol. The average Bonchev–Trinajstić information content (AvgIpc) is 2.94. The zero-order chi connectivity index (χ0) is 15.2. The van der Waals surface area contributed by atoms with E-state index >= 15 is 0 Å². The number of hydrogen-bond donors (Lipinski definition) is 1. The van der Waals surface area contributed by atoms with E-state index in [4.69, 9.17) is 0 Å². The Kier molecular flexibility index (Phi) is 5.11. The number of nitrogens with one attached hydrogen (secondary N) is 1. The molecule has 0 saturated carbocycles. The zero-order valence-electron chi connectivity index (χ0n) is 12.5. The maximum atomic E-state index is 11.0. The molecule has 0 amide bonds. The first-order chi connectivity index (χ1) is 10.1. The first kappa shape index (κ1) is 15.3. The molecule has 1 unspecified atom stereocenters. The minimum Gasteiger partial charge on any atom is -0.350 e. The fourth-order valence-electron chi connectivity index (χ4n) is 2.58. The molecule has 0 aliphatic heterocycles. The number of hydrogen-bond acceptors (Lipinski definition) is 3. The van der Waals surface area contributed by atoms with E-state index in [1.54, 1.807) is 12.1 Å². The van der Waals surface area contributed by atoms with Gasteiger partial charge in [-0.25, -0.2) is 0 Å². The summed E-state index contributed by atoms with van der Waals surface area (Å²) in [5, 5.41) is 14.4. The molecule has 0 bridgehead atoms. The molecule has 1 aromatic carbocycles. The van der Waals surface area contributed by atoms with Crippen LogP contribution < -0.4 is 5.32 Å². The van der Waals surface area contributed by atoms with E-state index in [1.807, 2.05) is 24.4 Å². The van der Waals surface area contributed by atoms with Crippen molar-refractivity contribution in [1.29, 1.82) is 0 Å². The molecule has 0 spiro atoms. The number of nitrogens with zero attached hydrogens (tertiary/aromatic N) is 2. The Morgan fingerprint density at radius 3 is 2.76 bits per heavy atom. The van der Waals surface area contributed by atoms with Crippen molar-refractivity contribution in [1.82, 2.24) is 9.88 Å². The fourth-order valence-corrected chi connectivity index (χ4v) is 2.58. The van der Waals surface area contributed by atoms with Crippen LogP contribution in [0, 0.1) is 10.1 Å². The lowest BCUT2D eigenvalue weighted by molar-refractivity contribution is -0.385. The largest absolute Gasteiger partial charge is 0.350 e. The summed E-state index contributed by atoms with van der Waals surface area (Å²) in [5.41, 5.74) is 2.18. The van der Waals surface area contributed by atoms with Crippen LogP contribution in [0.4, 0.5) is 5.69 Å². The van der Waals surface area contributed by atoms with Crippen molar-refractivity contribution < 1.29 is 4.92 Å². The first-order valence-corrected chi connectivity index (χ1v) is 7.24. The van der Waals surface area contributed by atoms with Crippen molar-refractivity contribution in [3.05, 3.63) is 64.0 Å². The first-order valence-electron chi connectivity index (χ1n) is 7.24. The Balaban J connectivity index is 2.11. The molecule has 1 aromatic heterocycles. The summed E-state index contributed by atoms with van der Waals surface area (Å²) in [4.78, 5) is 10.7. The third kappa shape index (κ3) is 3.70. The van der Waals surface area contributed by atoms with E-state index in [0.717, 1.165) is 18.7 Å². The van der Waals surface area contributed by atoms with Crippen LogP contribution in [0.15, 0.2) is 42.6 Å². The SMILES string of the molecule is CCNC(C)c1cccn1CCc1ccccc1[N+](=O)[O-]. The van der Waals surface area contributed by atoms with Gasteiger partial charge in [0.1, 0.15) is 0 Å². The monoisotopic (exact) mass is 287 g/mol. The number of aromatic nitrogens is 1. The number of benzene rings is 1. The Hall–Kier alpha value is -2.14. The molecule has 0 saturated heterocycles. The number of nitro benzene ring substituents is 1. The summed E-state index contributed by atoms with van der Waals surface area (Å²) in [6, 6.07) is 11.3. The molecule has 5 heteroatoms. The van der Waals surface area contributed by atoms with Crippen LogP contribution in [0.2, 0.25) is 0 Å². The maximum absolute atomic E-state index is 11.0. The number of para-hydroxylation sites is 1. The number of nitro groups is 1. The molecule has 2 rings (SSSR count). The Morgan fingerprint density at radius 1 is 1.29 bits per heavy atom. The molecule has 0 fully saturated rings. The molecule has 21 heavy (non-hydrogen) atoms. The highest BCUT2D eigenvalue weighted by atomic mass is 16.6.